The highest BCUT2D eigenvalue weighted by atomic mass is 32.2. The van der Waals surface area contributed by atoms with Crippen molar-refractivity contribution in [3.63, 3.8) is 0 Å². The van der Waals surface area contributed by atoms with Crippen molar-refractivity contribution >= 4 is 23.6 Å². The minimum atomic E-state index is -0.786. The lowest BCUT2D eigenvalue weighted by Gasteiger charge is -2.15. The average Bonchev–Trinajstić information content (AvgIpc) is 2.66. The van der Waals surface area contributed by atoms with Gasteiger partial charge in [0, 0.05) is 13.1 Å². The lowest BCUT2D eigenvalue weighted by molar-refractivity contribution is -0.142. The molecule has 0 bridgehead atoms. The van der Waals surface area contributed by atoms with E-state index in [0.717, 1.165) is 18.6 Å². The molecule has 1 N–H and O–H groups in total. The molecule has 98 valence electrons. The predicted octanol–water partition coefficient (Wildman–Crippen LogP) is 1.70. The smallest absolute Gasteiger partial charge is 0.308 e. The Hall–Kier alpha value is -0.710. The van der Waals surface area contributed by atoms with Crippen molar-refractivity contribution in [1.82, 2.24) is 4.90 Å². The fourth-order valence-electron chi connectivity index (χ4n) is 1.99. The largest absolute Gasteiger partial charge is 0.481 e. The Balaban J connectivity index is 2.32. The summed E-state index contributed by atoms with van der Waals surface area (Å²) in [5, 5.41) is 8.99. The fraction of sp³-hybridized carbons (Fsp3) is 0.833. The molecule has 1 heterocycles. The van der Waals surface area contributed by atoms with Gasteiger partial charge in [0.2, 0.25) is 5.91 Å². The summed E-state index contributed by atoms with van der Waals surface area (Å²) in [6.45, 7) is 4.99. The summed E-state index contributed by atoms with van der Waals surface area (Å²) >= 11 is 1.64. The fourth-order valence-corrected chi connectivity index (χ4v) is 2.98. The summed E-state index contributed by atoms with van der Waals surface area (Å²) in [4.78, 5) is 24.5. The molecule has 1 fully saturated rings. The highest BCUT2D eigenvalue weighted by Crippen LogP contribution is 2.23. The van der Waals surface area contributed by atoms with Gasteiger partial charge in [0.15, 0.2) is 0 Å². The zero-order valence-corrected chi connectivity index (χ0v) is 11.3. The number of thioether (sulfide) groups is 1. The Labute approximate surface area is 107 Å². The zero-order valence-electron chi connectivity index (χ0n) is 10.5. The van der Waals surface area contributed by atoms with Gasteiger partial charge in [-0.2, -0.15) is 11.8 Å². The van der Waals surface area contributed by atoms with Gasteiger partial charge in [-0.25, -0.2) is 0 Å². The van der Waals surface area contributed by atoms with Gasteiger partial charge in [0.25, 0.3) is 0 Å². The second-order valence-corrected chi connectivity index (χ2v) is 5.73. The predicted molar refractivity (Wildman–Crippen MR) is 69.1 cm³/mol. The van der Waals surface area contributed by atoms with Gasteiger partial charge < -0.3 is 10.0 Å². The number of carbonyl (C=O) groups is 2. The first-order chi connectivity index (χ1) is 8.06. The van der Waals surface area contributed by atoms with E-state index in [4.69, 9.17) is 5.11 Å². The second kappa shape index (κ2) is 6.89. The van der Waals surface area contributed by atoms with Crippen molar-refractivity contribution in [2.24, 2.45) is 11.8 Å². The molecule has 0 spiro atoms. The van der Waals surface area contributed by atoms with Crippen molar-refractivity contribution in [2.75, 3.05) is 24.6 Å². The van der Waals surface area contributed by atoms with E-state index < -0.39 is 5.97 Å². The molecule has 0 saturated carbocycles. The Morgan fingerprint density at radius 3 is 2.65 bits per heavy atom. The van der Waals surface area contributed by atoms with E-state index in [1.807, 2.05) is 6.92 Å². The van der Waals surface area contributed by atoms with Crippen LogP contribution in [0, 0.1) is 11.8 Å². The van der Waals surface area contributed by atoms with E-state index in [1.165, 1.54) is 0 Å². The van der Waals surface area contributed by atoms with Crippen LogP contribution < -0.4 is 0 Å². The van der Waals surface area contributed by atoms with Gasteiger partial charge >= 0.3 is 5.97 Å². The van der Waals surface area contributed by atoms with Crippen LogP contribution in [0.1, 0.15) is 26.7 Å². The molecule has 0 aromatic carbocycles. The van der Waals surface area contributed by atoms with Crippen LogP contribution >= 0.6 is 11.8 Å². The van der Waals surface area contributed by atoms with Crippen LogP contribution in [0.4, 0.5) is 0 Å². The first-order valence-corrected chi connectivity index (χ1v) is 7.30. The monoisotopic (exact) mass is 259 g/mol. The van der Waals surface area contributed by atoms with E-state index in [9.17, 15) is 9.59 Å². The van der Waals surface area contributed by atoms with Gasteiger partial charge in [0.05, 0.1) is 11.7 Å². The summed E-state index contributed by atoms with van der Waals surface area (Å²) in [5.41, 5.74) is 0. The zero-order chi connectivity index (χ0) is 12.8. The second-order valence-electron chi connectivity index (χ2n) is 4.63. The lowest BCUT2D eigenvalue weighted by Crippen LogP contribution is -2.31. The number of carboxylic acid groups (broad SMARTS) is 1. The van der Waals surface area contributed by atoms with Crippen molar-refractivity contribution < 1.29 is 14.7 Å². The molecule has 4 nitrogen and oxygen atoms in total. The molecule has 1 aliphatic heterocycles. The SMILES string of the molecule is CCCCSCC(=O)N1CC(C)C(C(=O)O)C1. The highest BCUT2D eigenvalue weighted by molar-refractivity contribution is 7.99. The Morgan fingerprint density at radius 1 is 1.41 bits per heavy atom. The van der Waals surface area contributed by atoms with Gasteiger partial charge in [-0.1, -0.05) is 20.3 Å². The third kappa shape index (κ3) is 4.22. The Kier molecular flexibility index (Phi) is 5.82. The number of carboxylic acids is 1. The minimum absolute atomic E-state index is 0.0668. The number of likely N-dealkylation sites (tertiary alicyclic amines) is 1. The van der Waals surface area contributed by atoms with Crippen LogP contribution in [0.3, 0.4) is 0 Å². The number of unbranched alkanes of at least 4 members (excludes halogenated alkanes) is 1. The van der Waals surface area contributed by atoms with Crippen LogP contribution in [-0.4, -0.2) is 46.5 Å². The molecule has 2 unspecified atom stereocenters. The maximum atomic E-state index is 11.8. The standard InChI is InChI=1S/C12H21NO3S/c1-3-4-5-17-8-11(14)13-6-9(2)10(7-13)12(15)16/h9-10H,3-8H2,1-2H3,(H,15,16). The molecule has 1 aliphatic rings. The van der Waals surface area contributed by atoms with E-state index in [0.29, 0.717) is 18.8 Å². The maximum absolute atomic E-state index is 11.8. The third-order valence-electron chi connectivity index (χ3n) is 3.15. The van der Waals surface area contributed by atoms with Gasteiger partial charge in [-0.3, -0.25) is 9.59 Å². The maximum Gasteiger partial charge on any atom is 0.308 e. The number of amides is 1. The minimum Gasteiger partial charge on any atom is -0.481 e. The van der Waals surface area contributed by atoms with E-state index >= 15 is 0 Å². The summed E-state index contributed by atoms with van der Waals surface area (Å²) in [6.07, 6.45) is 2.27. The molecule has 2 atom stereocenters. The first kappa shape index (κ1) is 14.4. The molecule has 1 amide bonds. The number of rotatable bonds is 6. The van der Waals surface area contributed by atoms with E-state index in [2.05, 4.69) is 6.92 Å². The summed E-state index contributed by atoms with van der Waals surface area (Å²) in [7, 11) is 0. The van der Waals surface area contributed by atoms with Crippen molar-refractivity contribution in [2.45, 2.75) is 26.7 Å². The first-order valence-electron chi connectivity index (χ1n) is 6.14. The molecule has 5 heteroatoms. The number of aliphatic carboxylic acids is 1. The quantitative estimate of drug-likeness (QED) is 0.738. The average molecular weight is 259 g/mol. The van der Waals surface area contributed by atoms with Crippen LogP contribution in [0.2, 0.25) is 0 Å². The Morgan fingerprint density at radius 2 is 2.12 bits per heavy atom. The topological polar surface area (TPSA) is 57.6 Å². The summed E-state index contributed by atoms with van der Waals surface area (Å²) in [6, 6.07) is 0. The van der Waals surface area contributed by atoms with Gasteiger partial charge in [0.1, 0.15) is 0 Å². The molecule has 0 aliphatic carbocycles. The number of hydrogen-bond donors (Lipinski definition) is 1. The van der Waals surface area contributed by atoms with Crippen LogP contribution in [0.25, 0.3) is 0 Å². The summed E-state index contributed by atoms with van der Waals surface area (Å²) < 4.78 is 0. The normalized spacial score (nSPS) is 24.0. The van der Waals surface area contributed by atoms with E-state index in [1.54, 1.807) is 16.7 Å². The van der Waals surface area contributed by atoms with Crippen molar-refractivity contribution in [3.8, 4) is 0 Å². The third-order valence-corrected chi connectivity index (χ3v) is 4.18. The molecule has 1 saturated heterocycles. The Bertz CT molecular complexity index is 283. The van der Waals surface area contributed by atoms with Crippen LogP contribution in [0.15, 0.2) is 0 Å². The van der Waals surface area contributed by atoms with Crippen LogP contribution in [0.5, 0.6) is 0 Å². The number of nitrogens with zero attached hydrogens (tertiary/aromatic N) is 1. The number of hydrogen-bond acceptors (Lipinski definition) is 3. The van der Waals surface area contributed by atoms with Gasteiger partial charge in [-0.05, 0) is 18.1 Å². The van der Waals surface area contributed by atoms with Gasteiger partial charge in [-0.15, -0.1) is 0 Å². The number of carbonyl (C=O) groups excluding carboxylic acids is 1. The molecule has 0 aromatic rings. The molecule has 17 heavy (non-hydrogen) atoms. The van der Waals surface area contributed by atoms with Crippen LogP contribution in [-0.2, 0) is 9.59 Å². The highest BCUT2D eigenvalue weighted by Gasteiger charge is 2.36. The van der Waals surface area contributed by atoms with Crippen molar-refractivity contribution in [3.05, 3.63) is 0 Å². The molecule has 0 aromatic heterocycles. The molecule has 0 radical (unpaired) electrons. The summed E-state index contributed by atoms with van der Waals surface area (Å²) in [5.74, 6) is 0.470. The van der Waals surface area contributed by atoms with Crippen molar-refractivity contribution in [1.29, 1.82) is 0 Å². The molecule has 1 rings (SSSR count). The lowest BCUT2D eigenvalue weighted by atomic mass is 9.99. The van der Waals surface area contributed by atoms with E-state index in [-0.39, 0.29) is 17.7 Å². The molecular weight excluding hydrogens is 238 g/mol. The molecular formula is C12H21NO3S.